The van der Waals surface area contributed by atoms with E-state index in [4.69, 9.17) is 0 Å². The standard InChI is InChI=1S/C18H21N3O2S/c1-11-2-5-13-7-15(20-14(13)6-11)18(23)21-10-24-9-16(21)17(22)19-8-12-3-4-12/h2,5-7,12,16,20H,3-4,8-10H2,1H3,(H,19,22)/t16-/m1/s1. The van der Waals surface area contributed by atoms with E-state index in [1.54, 1.807) is 16.7 Å². The van der Waals surface area contributed by atoms with E-state index in [1.807, 2.05) is 31.2 Å². The van der Waals surface area contributed by atoms with Gasteiger partial charge in [0.15, 0.2) is 0 Å². The SMILES string of the molecule is Cc1ccc2cc(C(=O)N3CSC[C@@H]3C(=O)NCC3CC3)[nH]c2c1. The maximum absolute atomic E-state index is 12.9. The van der Waals surface area contributed by atoms with Gasteiger partial charge in [0.2, 0.25) is 5.91 Å². The van der Waals surface area contributed by atoms with Crippen molar-refractivity contribution in [3.8, 4) is 0 Å². The number of amides is 2. The third kappa shape index (κ3) is 3.02. The summed E-state index contributed by atoms with van der Waals surface area (Å²) in [6.07, 6.45) is 2.41. The number of nitrogens with zero attached hydrogens (tertiary/aromatic N) is 1. The number of thioether (sulfide) groups is 1. The summed E-state index contributed by atoms with van der Waals surface area (Å²) in [5, 5.41) is 4.02. The molecule has 1 aromatic heterocycles. The lowest BCUT2D eigenvalue weighted by Gasteiger charge is -2.22. The van der Waals surface area contributed by atoms with Gasteiger partial charge in [-0.3, -0.25) is 9.59 Å². The van der Waals surface area contributed by atoms with Crippen LogP contribution in [0.2, 0.25) is 0 Å². The molecule has 1 saturated heterocycles. The van der Waals surface area contributed by atoms with Crippen molar-refractivity contribution in [3.05, 3.63) is 35.5 Å². The smallest absolute Gasteiger partial charge is 0.271 e. The fourth-order valence-electron chi connectivity index (χ4n) is 3.06. The summed E-state index contributed by atoms with van der Waals surface area (Å²) in [6, 6.07) is 7.58. The molecule has 0 radical (unpaired) electrons. The molecule has 1 saturated carbocycles. The maximum atomic E-state index is 12.9. The Morgan fingerprint density at radius 2 is 2.17 bits per heavy atom. The van der Waals surface area contributed by atoms with Gasteiger partial charge in [-0.1, -0.05) is 12.1 Å². The van der Waals surface area contributed by atoms with Gasteiger partial charge >= 0.3 is 0 Å². The monoisotopic (exact) mass is 343 g/mol. The molecule has 126 valence electrons. The highest BCUT2D eigenvalue weighted by molar-refractivity contribution is 7.99. The van der Waals surface area contributed by atoms with E-state index in [9.17, 15) is 9.59 Å². The molecule has 2 amide bonds. The molecule has 2 fully saturated rings. The van der Waals surface area contributed by atoms with E-state index in [0.29, 0.717) is 23.2 Å². The fourth-order valence-corrected chi connectivity index (χ4v) is 4.21. The molecule has 2 N–H and O–H groups in total. The van der Waals surface area contributed by atoms with E-state index in [1.165, 1.54) is 12.8 Å². The number of hydrogen-bond acceptors (Lipinski definition) is 3. The molecule has 2 heterocycles. The predicted molar refractivity (Wildman–Crippen MR) is 96.1 cm³/mol. The molecule has 24 heavy (non-hydrogen) atoms. The lowest BCUT2D eigenvalue weighted by atomic mass is 10.2. The van der Waals surface area contributed by atoms with Crippen molar-refractivity contribution in [2.75, 3.05) is 18.2 Å². The molecule has 0 bridgehead atoms. The summed E-state index contributed by atoms with van der Waals surface area (Å²) >= 11 is 1.63. The zero-order valence-electron chi connectivity index (χ0n) is 13.7. The number of hydrogen-bond donors (Lipinski definition) is 2. The molecule has 1 aliphatic carbocycles. The molecule has 6 heteroatoms. The third-order valence-electron chi connectivity index (χ3n) is 4.72. The molecule has 1 aliphatic heterocycles. The topological polar surface area (TPSA) is 65.2 Å². The number of rotatable bonds is 4. The van der Waals surface area contributed by atoms with Crippen LogP contribution in [0, 0.1) is 12.8 Å². The van der Waals surface area contributed by atoms with E-state index >= 15 is 0 Å². The summed E-state index contributed by atoms with van der Waals surface area (Å²) in [4.78, 5) is 30.2. The Morgan fingerprint density at radius 1 is 1.33 bits per heavy atom. The van der Waals surface area contributed by atoms with Crippen molar-refractivity contribution in [2.24, 2.45) is 5.92 Å². The molecule has 2 aliphatic rings. The molecule has 2 aromatic rings. The largest absolute Gasteiger partial charge is 0.354 e. The summed E-state index contributed by atoms with van der Waals surface area (Å²) in [5.74, 6) is 1.76. The van der Waals surface area contributed by atoms with E-state index in [-0.39, 0.29) is 17.9 Å². The zero-order chi connectivity index (χ0) is 16.7. The number of benzene rings is 1. The van der Waals surface area contributed by atoms with Crippen LogP contribution in [0.15, 0.2) is 24.3 Å². The number of carbonyl (C=O) groups excluding carboxylic acids is 2. The van der Waals surface area contributed by atoms with Crippen LogP contribution in [-0.2, 0) is 4.79 Å². The Bertz CT molecular complexity index is 797. The Balaban J connectivity index is 1.51. The van der Waals surface area contributed by atoms with Crippen molar-refractivity contribution in [1.82, 2.24) is 15.2 Å². The summed E-state index contributed by atoms with van der Waals surface area (Å²) < 4.78 is 0. The molecular formula is C18H21N3O2S. The first-order chi connectivity index (χ1) is 11.6. The first-order valence-electron chi connectivity index (χ1n) is 8.37. The molecule has 1 atom stereocenters. The van der Waals surface area contributed by atoms with Gasteiger partial charge in [-0.15, -0.1) is 11.8 Å². The van der Waals surface area contributed by atoms with Crippen LogP contribution >= 0.6 is 11.8 Å². The average molecular weight is 343 g/mol. The molecule has 0 spiro atoms. The number of carbonyl (C=O) groups is 2. The predicted octanol–water partition coefficient (Wildman–Crippen LogP) is 2.52. The second kappa shape index (κ2) is 6.16. The highest BCUT2D eigenvalue weighted by atomic mass is 32.2. The Morgan fingerprint density at radius 3 is 2.96 bits per heavy atom. The van der Waals surface area contributed by atoms with E-state index in [0.717, 1.165) is 23.0 Å². The van der Waals surface area contributed by atoms with Gasteiger partial charge in [0.1, 0.15) is 11.7 Å². The summed E-state index contributed by atoms with van der Waals surface area (Å²) in [5.41, 5.74) is 2.66. The number of H-pyrrole nitrogens is 1. The van der Waals surface area contributed by atoms with Gasteiger partial charge in [0.25, 0.3) is 5.91 Å². The van der Waals surface area contributed by atoms with Crippen LogP contribution in [0.1, 0.15) is 28.9 Å². The van der Waals surface area contributed by atoms with Crippen LogP contribution in [0.5, 0.6) is 0 Å². The van der Waals surface area contributed by atoms with E-state index < -0.39 is 0 Å². The minimum atomic E-state index is -0.366. The molecule has 5 nitrogen and oxygen atoms in total. The number of aromatic nitrogens is 1. The number of aromatic amines is 1. The lowest BCUT2D eigenvalue weighted by molar-refractivity contribution is -0.124. The minimum absolute atomic E-state index is 0.0211. The van der Waals surface area contributed by atoms with Crippen molar-refractivity contribution >= 4 is 34.5 Å². The Hall–Kier alpha value is -1.95. The normalized spacial score (nSPS) is 20.5. The highest BCUT2D eigenvalue weighted by Crippen LogP contribution is 2.28. The highest BCUT2D eigenvalue weighted by Gasteiger charge is 2.36. The summed E-state index contributed by atoms with van der Waals surface area (Å²) in [7, 11) is 0. The van der Waals surface area contributed by atoms with Crippen LogP contribution in [0.3, 0.4) is 0 Å². The van der Waals surface area contributed by atoms with Crippen molar-refractivity contribution in [1.29, 1.82) is 0 Å². The van der Waals surface area contributed by atoms with Crippen molar-refractivity contribution in [3.63, 3.8) is 0 Å². The summed E-state index contributed by atoms with van der Waals surface area (Å²) in [6.45, 7) is 2.77. The fraction of sp³-hybridized carbons (Fsp3) is 0.444. The Labute approximate surface area is 145 Å². The van der Waals surface area contributed by atoms with Gasteiger partial charge in [-0.05, 0) is 43.4 Å². The number of nitrogens with one attached hydrogen (secondary N) is 2. The zero-order valence-corrected chi connectivity index (χ0v) is 14.5. The van der Waals surface area contributed by atoms with Gasteiger partial charge in [0.05, 0.1) is 5.88 Å². The van der Waals surface area contributed by atoms with Crippen LogP contribution in [0.4, 0.5) is 0 Å². The molecular weight excluding hydrogens is 322 g/mol. The van der Waals surface area contributed by atoms with Gasteiger partial charge in [-0.2, -0.15) is 0 Å². The van der Waals surface area contributed by atoms with Crippen LogP contribution in [0.25, 0.3) is 10.9 Å². The molecule has 1 aromatic carbocycles. The average Bonchev–Trinajstić information content (AvgIpc) is 3.10. The van der Waals surface area contributed by atoms with Crippen LogP contribution in [-0.4, -0.2) is 45.9 Å². The maximum Gasteiger partial charge on any atom is 0.271 e. The van der Waals surface area contributed by atoms with Crippen molar-refractivity contribution in [2.45, 2.75) is 25.8 Å². The second-order valence-corrected chi connectivity index (χ2v) is 7.75. The number of fused-ring (bicyclic) bond motifs is 1. The first-order valence-corrected chi connectivity index (χ1v) is 9.53. The van der Waals surface area contributed by atoms with Gasteiger partial charge in [0, 0.05) is 23.2 Å². The third-order valence-corrected chi connectivity index (χ3v) is 5.73. The number of aryl methyl sites for hydroxylation is 1. The first kappa shape index (κ1) is 15.6. The van der Waals surface area contributed by atoms with Gasteiger partial charge in [-0.25, -0.2) is 0 Å². The lowest BCUT2D eigenvalue weighted by Crippen LogP contribution is -2.47. The molecule has 4 rings (SSSR count). The van der Waals surface area contributed by atoms with Crippen LogP contribution < -0.4 is 5.32 Å². The van der Waals surface area contributed by atoms with Gasteiger partial charge < -0.3 is 15.2 Å². The van der Waals surface area contributed by atoms with E-state index in [2.05, 4.69) is 10.3 Å². The second-order valence-electron chi connectivity index (χ2n) is 6.75. The Kier molecular flexibility index (Phi) is 4.00. The molecule has 0 unspecified atom stereocenters. The van der Waals surface area contributed by atoms with Crippen molar-refractivity contribution < 1.29 is 9.59 Å². The minimum Gasteiger partial charge on any atom is -0.354 e. The quantitative estimate of drug-likeness (QED) is 0.896.